The third kappa shape index (κ3) is 4.14. The zero-order valence-corrected chi connectivity index (χ0v) is 17.4. The predicted octanol–water partition coefficient (Wildman–Crippen LogP) is 2.44. The number of likely N-dealkylation sites (N-methyl/N-ethyl adjacent to an activating group) is 1. The Morgan fingerprint density at radius 3 is 2.84 bits per heavy atom. The van der Waals surface area contributed by atoms with Crippen molar-refractivity contribution >= 4 is 34.3 Å². The van der Waals surface area contributed by atoms with Crippen molar-refractivity contribution < 1.29 is 4.79 Å². The van der Waals surface area contributed by atoms with Gasteiger partial charge in [-0.3, -0.25) is 4.79 Å². The van der Waals surface area contributed by atoms with Crippen molar-refractivity contribution in [3.63, 3.8) is 0 Å². The number of aryl methyl sites for hydroxylation is 1. The van der Waals surface area contributed by atoms with Crippen LogP contribution >= 0.6 is 0 Å². The highest BCUT2D eigenvalue weighted by atomic mass is 16.2. The molecule has 9 heteroatoms. The molecule has 1 unspecified atom stereocenters. The van der Waals surface area contributed by atoms with E-state index < -0.39 is 0 Å². The standard InChI is InChI=1S/C22H22N8O/c1-4-20(31)29(3)17-5-6-18-19(9-17)26-14(2)27-21(18)30-8-7-16(13-30)28-22-24-11-15(10-23)12-25-22/h4-6,9,11-12,16H,1,7-8,13H2,2-3H3,(H,24,25,28). The summed E-state index contributed by atoms with van der Waals surface area (Å²) in [6.07, 6.45) is 5.21. The van der Waals surface area contributed by atoms with Crippen LogP contribution in [0.25, 0.3) is 10.9 Å². The van der Waals surface area contributed by atoms with Crippen molar-refractivity contribution in [2.24, 2.45) is 0 Å². The lowest BCUT2D eigenvalue weighted by atomic mass is 10.2. The van der Waals surface area contributed by atoms with Crippen LogP contribution in [0, 0.1) is 18.3 Å². The monoisotopic (exact) mass is 414 g/mol. The summed E-state index contributed by atoms with van der Waals surface area (Å²) < 4.78 is 0. The lowest BCUT2D eigenvalue weighted by molar-refractivity contribution is -0.113. The molecule has 2 aromatic heterocycles. The molecule has 1 N–H and O–H groups in total. The molecule has 3 aromatic rings. The number of nitrogens with zero attached hydrogens (tertiary/aromatic N) is 7. The van der Waals surface area contributed by atoms with Crippen LogP contribution in [0.5, 0.6) is 0 Å². The van der Waals surface area contributed by atoms with E-state index in [0.29, 0.717) is 17.3 Å². The Labute approximate surface area is 180 Å². The smallest absolute Gasteiger partial charge is 0.250 e. The quantitative estimate of drug-likeness (QED) is 0.634. The van der Waals surface area contributed by atoms with Crippen LogP contribution in [-0.4, -0.2) is 52.0 Å². The highest BCUT2D eigenvalue weighted by Crippen LogP contribution is 2.30. The number of carbonyl (C=O) groups is 1. The number of hydrogen-bond acceptors (Lipinski definition) is 8. The molecule has 156 valence electrons. The van der Waals surface area contributed by atoms with Gasteiger partial charge in [-0.15, -0.1) is 0 Å². The van der Waals surface area contributed by atoms with E-state index in [1.807, 2.05) is 31.2 Å². The molecule has 0 radical (unpaired) electrons. The van der Waals surface area contributed by atoms with Crippen LogP contribution in [-0.2, 0) is 4.79 Å². The molecular weight excluding hydrogens is 392 g/mol. The number of amides is 1. The van der Waals surface area contributed by atoms with Crippen molar-refractivity contribution in [2.75, 3.05) is 35.3 Å². The molecule has 1 atom stereocenters. The van der Waals surface area contributed by atoms with Gasteiger partial charge in [0.15, 0.2) is 0 Å². The van der Waals surface area contributed by atoms with Crippen molar-refractivity contribution in [1.82, 2.24) is 19.9 Å². The van der Waals surface area contributed by atoms with Crippen molar-refractivity contribution in [2.45, 2.75) is 19.4 Å². The average Bonchev–Trinajstić information content (AvgIpc) is 3.25. The number of carbonyl (C=O) groups excluding carboxylic acids is 1. The van der Waals surface area contributed by atoms with Gasteiger partial charge in [-0.25, -0.2) is 19.9 Å². The van der Waals surface area contributed by atoms with Crippen molar-refractivity contribution in [1.29, 1.82) is 5.26 Å². The number of rotatable bonds is 5. The highest BCUT2D eigenvalue weighted by Gasteiger charge is 2.26. The van der Waals surface area contributed by atoms with Gasteiger partial charge in [-0.1, -0.05) is 6.58 Å². The molecule has 4 rings (SSSR count). The van der Waals surface area contributed by atoms with Gasteiger partial charge in [-0.05, 0) is 37.6 Å². The first-order valence-electron chi connectivity index (χ1n) is 9.90. The number of aromatic nitrogens is 4. The molecule has 1 aromatic carbocycles. The first-order chi connectivity index (χ1) is 15.0. The molecule has 31 heavy (non-hydrogen) atoms. The molecule has 0 aliphatic carbocycles. The number of fused-ring (bicyclic) bond motifs is 1. The second-order valence-electron chi connectivity index (χ2n) is 7.38. The summed E-state index contributed by atoms with van der Waals surface area (Å²) in [6.45, 7) is 6.98. The Kier molecular flexibility index (Phi) is 5.45. The second-order valence-corrected chi connectivity index (χ2v) is 7.38. The largest absolute Gasteiger partial charge is 0.354 e. The van der Waals surface area contributed by atoms with Gasteiger partial charge in [0.05, 0.1) is 23.5 Å². The minimum Gasteiger partial charge on any atom is -0.354 e. The normalized spacial score (nSPS) is 15.5. The van der Waals surface area contributed by atoms with E-state index in [-0.39, 0.29) is 11.9 Å². The molecule has 1 aliphatic heterocycles. The first-order valence-corrected chi connectivity index (χ1v) is 9.90. The molecule has 0 spiro atoms. The minimum absolute atomic E-state index is 0.161. The van der Waals surface area contributed by atoms with E-state index >= 15 is 0 Å². The molecule has 1 fully saturated rings. The van der Waals surface area contributed by atoms with Gasteiger partial charge in [-0.2, -0.15) is 5.26 Å². The average molecular weight is 414 g/mol. The van der Waals surface area contributed by atoms with Crippen LogP contribution in [0.4, 0.5) is 17.5 Å². The van der Waals surface area contributed by atoms with E-state index in [0.717, 1.165) is 41.9 Å². The fourth-order valence-corrected chi connectivity index (χ4v) is 3.64. The fraction of sp³-hybridized carbons (Fsp3) is 0.273. The van der Waals surface area contributed by atoms with E-state index in [4.69, 9.17) is 10.2 Å². The van der Waals surface area contributed by atoms with Crippen molar-refractivity contribution in [3.8, 4) is 6.07 Å². The van der Waals surface area contributed by atoms with E-state index in [9.17, 15) is 4.79 Å². The number of hydrogen-bond donors (Lipinski definition) is 1. The summed E-state index contributed by atoms with van der Waals surface area (Å²) in [4.78, 5) is 33.4. The van der Waals surface area contributed by atoms with Gasteiger partial charge in [0, 0.05) is 37.3 Å². The molecule has 0 saturated carbocycles. The maximum absolute atomic E-state index is 11.9. The van der Waals surface area contributed by atoms with Gasteiger partial charge in [0.25, 0.3) is 0 Å². The van der Waals surface area contributed by atoms with Gasteiger partial charge >= 0.3 is 0 Å². The Bertz CT molecular complexity index is 1180. The number of nitrogens with one attached hydrogen (secondary N) is 1. The van der Waals surface area contributed by atoms with Gasteiger partial charge in [0.2, 0.25) is 11.9 Å². The molecule has 1 amide bonds. The van der Waals surface area contributed by atoms with E-state index in [1.165, 1.54) is 23.4 Å². The zero-order valence-electron chi connectivity index (χ0n) is 17.4. The molecule has 1 saturated heterocycles. The maximum atomic E-state index is 11.9. The van der Waals surface area contributed by atoms with Crippen LogP contribution in [0.1, 0.15) is 17.8 Å². The Balaban J connectivity index is 1.57. The fourth-order valence-electron chi connectivity index (χ4n) is 3.64. The topological polar surface area (TPSA) is 111 Å². The summed E-state index contributed by atoms with van der Waals surface area (Å²) in [5, 5.41) is 13.1. The molecule has 3 heterocycles. The van der Waals surface area contributed by atoms with Crippen LogP contribution in [0.15, 0.2) is 43.2 Å². The lowest BCUT2D eigenvalue weighted by Gasteiger charge is -2.21. The molecular formula is C22H22N8O. The predicted molar refractivity (Wildman–Crippen MR) is 119 cm³/mol. The van der Waals surface area contributed by atoms with Crippen LogP contribution in [0.3, 0.4) is 0 Å². The molecule has 1 aliphatic rings. The SMILES string of the molecule is C=CC(=O)N(C)c1ccc2c(N3CCC(Nc4ncc(C#N)cn4)C3)nc(C)nc2c1. The highest BCUT2D eigenvalue weighted by molar-refractivity contribution is 6.02. The third-order valence-corrected chi connectivity index (χ3v) is 5.27. The lowest BCUT2D eigenvalue weighted by Crippen LogP contribution is -2.27. The van der Waals surface area contributed by atoms with Gasteiger partial charge < -0.3 is 15.1 Å². The third-order valence-electron chi connectivity index (χ3n) is 5.27. The second kappa shape index (κ2) is 8.36. The van der Waals surface area contributed by atoms with Crippen LogP contribution in [0.2, 0.25) is 0 Å². The van der Waals surface area contributed by atoms with Gasteiger partial charge in [0.1, 0.15) is 17.7 Å². The number of benzene rings is 1. The summed E-state index contributed by atoms with van der Waals surface area (Å²) in [6, 6.07) is 7.92. The minimum atomic E-state index is -0.177. The summed E-state index contributed by atoms with van der Waals surface area (Å²) >= 11 is 0. The summed E-state index contributed by atoms with van der Waals surface area (Å²) in [5.74, 6) is 1.87. The summed E-state index contributed by atoms with van der Waals surface area (Å²) in [5.41, 5.74) is 1.97. The van der Waals surface area contributed by atoms with E-state index in [1.54, 1.807) is 7.05 Å². The molecule has 9 nitrogen and oxygen atoms in total. The van der Waals surface area contributed by atoms with Crippen molar-refractivity contribution in [3.05, 3.63) is 54.6 Å². The number of anilines is 3. The molecule has 0 bridgehead atoms. The van der Waals surface area contributed by atoms with Crippen LogP contribution < -0.4 is 15.1 Å². The number of nitriles is 1. The maximum Gasteiger partial charge on any atom is 0.250 e. The Hall–Kier alpha value is -4.06. The zero-order chi connectivity index (χ0) is 22.0. The Morgan fingerprint density at radius 2 is 2.13 bits per heavy atom. The Morgan fingerprint density at radius 1 is 1.35 bits per heavy atom. The first kappa shape index (κ1) is 20.2. The summed E-state index contributed by atoms with van der Waals surface area (Å²) in [7, 11) is 1.71. The van der Waals surface area contributed by atoms with E-state index in [2.05, 4.69) is 31.7 Å².